The molecule has 1 aliphatic rings. The molecule has 0 bridgehead atoms. The molecule has 1 aliphatic heterocycles. The van der Waals surface area contributed by atoms with E-state index in [0.717, 1.165) is 30.1 Å². The van der Waals surface area contributed by atoms with Crippen LogP contribution in [0.15, 0.2) is 48.5 Å². The van der Waals surface area contributed by atoms with Gasteiger partial charge in [0.25, 0.3) is 0 Å². The molecule has 0 unspecified atom stereocenters. The standard InChI is InChI=1S/C20H24FN3O2.2ClH/c1-15(22)20(25)24-11-9-23(10-12-24)18-3-2-4-19(13-18)26-14-16-5-7-17(21)8-6-16;;/h2-8,13,15H,9-12,14,22H2,1H3;2*1H/t15-;;/m1../s1. The maximum absolute atomic E-state index is 13.0. The van der Waals surface area contributed by atoms with Crippen molar-refractivity contribution in [2.45, 2.75) is 19.6 Å². The van der Waals surface area contributed by atoms with Crippen LogP contribution in [0.2, 0.25) is 0 Å². The number of hydrogen-bond acceptors (Lipinski definition) is 4. The maximum atomic E-state index is 13.0. The molecule has 1 heterocycles. The second-order valence-corrected chi connectivity index (χ2v) is 6.51. The molecule has 5 nitrogen and oxygen atoms in total. The zero-order valence-corrected chi connectivity index (χ0v) is 17.3. The predicted octanol–water partition coefficient (Wildman–Crippen LogP) is 3.24. The van der Waals surface area contributed by atoms with Crippen LogP contribution in [0.5, 0.6) is 5.75 Å². The number of amides is 1. The summed E-state index contributed by atoms with van der Waals surface area (Å²) in [5.74, 6) is 0.513. The van der Waals surface area contributed by atoms with Crippen molar-refractivity contribution < 1.29 is 13.9 Å². The SMILES string of the molecule is C[C@@H](N)C(=O)N1CCN(c2cccc(OCc3ccc(F)cc3)c2)CC1.Cl.Cl. The van der Waals surface area contributed by atoms with E-state index < -0.39 is 6.04 Å². The molecule has 1 atom stereocenters. The lowest BCUT2D eigenvalue weighted by Crippen LogP contribution is -2.52. The van der Waals surface area contributed by atoms with Crippen molar-refractivity contribution in [1.82, 2.24) is 4.90 Å². The third-order valence-electron chi connectivity index (χ3n) is 4.48. The van der Waals surface area contributed by atoms with E-state index in [2.05, 4.69) is 4.90 Å². The van der Waals surface area contributed by atoms with Gasteiger partial charge in [0.15, 0.2) is 0 Å². The smallest absolute Gasteiger partial charge is 0.239 e. The summed E-state index contributed by atoms with van der Waals surface area (Å²) in [5, 5.41) is 0. The number of ether oxygens (including phenoxy) is 1. The molecule has 0 aromatic heterocycles. The summed E-state index contributed by atoms with van der Waals surface area (Å²) in [6.07, 6.45) is 0. The van der Waals surface area contributed by atoms with Crippen LogP contribution in [0.4, 0.5) is 10.1 Å². The highest BCUT2D eigenvalue weighted by Gasteiger charge is 2.23. The van der Waals surface area contributed by atoms with Crippen LogP contribution in [-0.2, 0) is 11.4 Å². The molecular weight excluding hydrogens is 404 g/mol. The number of nitrogens with zero attached hydrogens (tertiary/aromatic N) is 2. The number of halogens is 3. The van der Waals surface area contributed by atoms with E-state index in [1.807, 2.05) is 29.2 Å². The Morgan fingerprint density at radius 3 is 2.36 bits per heavy atom. The van der Waals surface area contributed by atoms with Gasteiger partial charge >= 0.3 is 0 Å². The van der Waals surface area contributed by atoms with Crippen LogP contribution < -0.4 is 15.4 Å². The van der Waals surface area contributed by atoms with Crippen molar-refractivity contribution >= 4 is 36.4 Å². The summed E-state index contributed by atoms with van der Waals surface area (Å²) in [6.45, 7) is 4.97. The Bertz CT molecular complexity index is 751. The average Bonchev–Trinajstić information content (AvgIpc) is 2.67. The minimum absolute atomic E-state index is 0. The normalized spacial score (nSPS) is 14.5. The van der Waals surface area contributed by atoms with Crippen molar-refractivity contribution in [3.05, 3.63) is 59.9 Å². The third-order valence-corrected chi connectivity index (χ3v) is 4.48. The number of rotatable bonds is 5. The lowest BCUT2D eigenvalue weighted by atomic mass is 10.2. The van der Waals surface area contributed by atoms with E-state index in [9.17, 15) is 9.18 Å². The van der Waals surface area contributed by atoms with Gasteiger partial charge in [0.05, 0.1) is 6.04 Å². The third kappa shape index (κ3) is 6.26. The Morgan fingerprint density at radius 1 is 1.11 bits per heavy atom. The molecule has 1 fully saturated rings. The monoisotopic (exact) mass is 429 g/mol. The molecule has 0 saturated carbocycles. The van der Waals surface area contributed by atoms with Crippen molar-refractivity contribution in [2.24, 2.45) is 5.73 Å². The largest absolute Gasteiger partial charge is 0.489 e. The fraction of sp³-hybridized carbons (Fsp3) is 0.350. The molecule has 1 saturated heterocycles. The van der Waals surface area contributed by atoms with Gasteiger partial charge in [0, 0.05) is 37.9 Å². The molecule has 0 spiro atoms. The lowest BCUT2D eigenvalue weighted by molar-refractivity contribution is -0.132. The van der Waals surface area contributed by atoms with Crippen molar-refractivity contribution in [1.29, 1.82) is 0 Å². The summed E-state index contributed by atoms with van der Waals surface area (Å²) in [4.78, 5) is 16.0. The first-order valence-electron chi connectivity index (χ1n) is 8.79. The molecule has 3 rings (SSSR count). The molecule has 8 heteroatoms. The second kappa shape index (κ2) is 11.1. The van der Waals surface area contributed by atoms with Gasteiger partial charge in [-0.15, -0.1) is 24.8 Å². The summed E-state index contributed by atoms with van der Waals surface area (Å²) < 4.78 is 18.8. The van der Waals surface area contributed by atoms with E-state index in [1.54, 1.807) is 19.1 Å². The fourth-order valence-electron chi connectivity index (χ4n) is 2.99. The van der Waals surface area contributed by atoms with Gasteiger partial charge in [-0.3, -0.25) is 4.79 Å². The van der Waals surface area contributed by atoms with Gasteiger partial charge < -0.3 is 20.3 Å². The first-order chi connectivity index (χ1) is 12.5. The first-order valence-corrected chi connectivity index (χ1v) is 8.79. The zero-order chi connectivity index (χ0) is 18.5. The topological polar surface area (TPSA) is 58.8 Å². The number of piperazine rings is 1. The van der Waals surface area contributed by atoms with Gasteiger partial charge in [-0.1, -0.05) is 18.2 Å². The molecule has 154 valence electrons. The van der Waals surface area contributed by atoms with Crippen LogP contribution in [-0.4, -0.2) is 43.0 Å². The number of benzene rings is 2. The van der Waals surface area contributed by atoms with Crippen LogP contribution in [0, 0.1) is 5.82 Å². The predicted molar refractivity (Wildman–Crippen MR) is 114 cm³/mol. The van der Waals surface area contributed by atoms with E-state index in [0.29, 0.717) is 19.7 Å². The van der Waals surface area contributed by atoms with Crippen molar-refractivity contribution in [3.63, 3.8) is 0 Å². The van der Waals surface area contributed by atoms with Gasteiger partial charge in [-0.2, -0.15) is 0 Å². The van der Waals surface area contributed by atoms with Crippen LogP contribution >= 0.6 is 24.8 Å². The van der Waals surface area contributed by atoms with Crippen molar-refractivity contribution in [3.8, 4) is 5.75 Å². The summed E-state index contributed by atoms with van der Waals surface area (Å²) >= 11 is 0. The molecule has 2 aromatic carbocycles. The minimum atomic E-state index is -0.454. The summed E-state index contributed by atoms with van der Waals surface area (Å²) in [6, 6.07) is 13.7. The highest BCUT2D eigenvalue weighted by molar-refractivity contribution is 5.85. The van der Waals surface area contributed by atoms with Gasteiger partial charge in [-0.25, -0.2) is 4.39 Å². The second-order valence-electron chi connectivity index (χ2n) is 6.51. The Kier molecular flexibility index (Phi) is 9.52. The minimum Gasteiger partial charge on any atom is -0.489 e. The van der Waals surface area contributed by atoms with Crippen molar-refractivity contribution in [2.75, 3.05) is 31.1 Å². The summed E-state index contributed by atoms with van der Waals surface area (Å²) in [7, 11) is 0. The fourth-order valence-corrected chi connectivity index (χ4v) is 2.99. The quantitative estimate of drug-likeness (QED) is 0.792. The van der Waals surface area contributed by atoms with Gasteiger partial charge in [0.2, 0.25) is 5.91 Å². The van der Waals surface area contributed by atoms with Crippen LogP contribution in [0.1, 0.15) is 12.5 Å². The highest BCUT2D eigenvalue weighted by Crippen LogP contribution is 2.23. The molecule has 0 radical (unpaired) electrons. The van der Waals surface area contributed by atoms with E-state index in [1.165, 1.54) is 12.1 Å². The molecule has 2 aromatic rings. The van der Waals surface area contributed by atoms with E-state index in [4.69, 9.17) is 10.5 Å². The molecule has 1 amide bonds. The average molecular weight is 430 g/mol. The Hall–Kier alpha value is -2.02. The van der Waals surface area contributed by atoms with Gasteiger partial charge in [0.1, 0.15) is 18.2 Å². The summed E-state index contributed by atoms with van der Waals surface area (Å²) in [5.41, 5.74) is 7.66. The zero-order valence-electron chi connectivity index (χ0n) is 15.7. The number of nitrogens with two attached hydrogens (primary N) is 1. The number of carbonyl (C=O) groups is 1. The number of anilines is 1. The van der Waals surface area contributed by atoms with Crippen LogP contribution in [0.3, 0.4) is 0 Å². The molecule has 0 aliphatic carbocycles. The Balaban J connectivity index is 0.00000196. The van der Waals surface area contributed by atoms with E-state index >= 15 is 0 Å². The number of hydrogen-bond donors (Lipinski definition) is 1. The Morgan fingerprint density at radius 2 is 1.75 bits per heavy atom. The molecule has 28 heavy (non-hydrogen) atoms. The molecule has 2 N–H and O–H groups in total. The van der Waals surface area contributed by atoms with E-state index in [-0.39, 0.29) is 36.5 Å². The van der Waals surface area contributed by atoms with Crippen LogP contribution in [0.25, 0.3) is 0 Å². The molecular formula is C20H26Cl2FN3O2. The highest BCUT2D eigenvalue weighted by atomic mass is 35.5. The Labute approximate surface area is 177 Å². The first kappa shape index (κ1) is 24.0. The number of carbonyl (C=O) groups excluding carboxylic acids is 1. The maximum Gasteiger partial charge on any atom is 0.239 e. The van der Waals surface area contributed by atoms with Gasteiger partial charge in [-0.05, 0) is 36.8 Å². The lowest BCUT2D eigenvalue weighted by Gasteiger charge is -2.36.